The summed E-state index contributed by atoms with van der Waals surface area (Å²) in [7, 11) is 3.91. The first-order chi connectivity index (χ1) is 13.4. The van der Waals surface area contributed by atoms with Gasteiger partial charge in [0.15, 0.2) is 5.96 Å². The largest absolute Gasteiger partial charge is 0.357 e. The van der Waals surface area contributed by atoms with Crippen molar-refractivity contribution in [3.8, 4) is 0 Å². The van der Waals surface area contributed by atoms with Gasteiger partial charge < -0.3 is 15.5 Å². The zero-order valence-corrected chi connectivity index (χ0v) is 17.6. The zero-order chi connectivity index (χ0) is 20.5. The number of hydrogen-bond acceptors (Lipinski definition) is 3. The number of nitrogens with one attached hydrogen (secondary N) is 2. The van der Waals surface area contributed by atoms with Gasteiger partial charge in [0.2, 0.25) is 5.91 Å². The number of aliphatic imine (C=N–C) groups is 1. The van der Waals surface area contributed by atoms with Gasteiger partial charge in [-0.25, -0.2) is 4.99 Å². The Bertz CT molecular complexity index is 781. The molecule has 0 atom stereocenters. The van der Waals surface area contributed by atoms with Crippen LogP contribution < -0.4 is 10.6 Å². The molecule has 152 valence electrons. The third-order valence-electron chi connectivity index (χ3n) is 4.29. The maximum atomic E-state index is 12.2. The van der Waals surface area contributed by atoms with E-state index < -0.39 is 0 Å². The van der Waals surface area contributed by atoms with Crippen molar-refractivity contribution in [3.63, 3.8) is 0 Å². The number of hydrogen-bond donors (Lipinski definition) is 2. The molecule has 0 aliphatic rings. The molecule has 0 saturated carbocycles. The number of rotatable bonds is 8. The molecule has 0 saturated heterocycles. The number of aromatic nitrogens is 2. The molecule has 1 heterocycles. The minimum Gasteiger partial charge on any atom is -0.357 e. The highest BCUT2D eigenvalue weighted by Crippen LogP contribution is 2.18. The Hall–Kier alpha value is -2.83. The van der Waals surface area contributed by atoms with Gasteiger partial charge in [-0.1, -0.05) is 44.2 Å². The minimum atomic E-state index is -0.100. The molecule has 0 radical (unpaired) electrons. The van der Waals surface area contributed by atoms with Gasteiger partial charge in [0, 0.05) is 45.5 Å². The maximum Gasteiger partial charge on any atom is 0.242 e. The van der Waals surface area contributed by atoms with Crippen molar-refractivity contribution in [1.29, 1.82) is 0 Å². The van der Waals surface area contributed by atoms with Crippen LogP contribution in [0.15, 0.2) is 41.5 Å². The molecule has 7 nitrogen and oxygen atoms in total. The number of aryl methyl sites for hydroxylation is 1. The number of nitrogens with zero attached hydrogens (tertiary/aromatic N) is 4. The molecular formula is C21H32N6O. The predicted octanol–water partition coefficient (Wildman–Crippen LogP) is 2.26. The lowest BCUT2D eigenvalue weighted by Crippen LogP contribution is -2.39. The monoisotopic (exact) mass is 384 g/mol. The lowest BCUT2D eigenvalue weighted by Gasteiger charge is -2.22. The number of amides is 1. The van der Waals surface area contributed by atoms with Gasteiger partial charge in [-0.05, 0) is 18.4 Å². The lowest BCUT2D eigenvalue weighted by molar-refractivity contribution is -0.119. The van der Waals surface area contributed by atoms with Crippen LogP contribution in [0.1, 0.15) is 43.5 Å². The van der Waals surface area contributed by atoms with E-state index in [1.807, 2.05) is 67.1 Å². The molecule has 0 bridgehead atoms. The summed E-state index contributed by atoms with van der Waals surface area (Å²) in [6.07, 6.45) is 2.04. The van der Waals surface area contributed by atoms with Gasteiger partial charge >= 0.3 is 0 Å². The molecule has 0 unspecified atom stereocenters. The molecule has 0 spiro atoms. The van der Waals surface area contributed by atoms with Gasteiger partial charge in [0.25, 0.3) is 0 Å². The summed E-state index contributed by atoms with van der Waals surface area (Å²) < 4.78 is 1.85. The number of guanidine groups is 1. The highest BCUT2D eigenvalue weighted by Gasteiger charge is 2.15. The van der Waals surface area contributed by atoms with Gasteiger partial charge in [-0.15, -0.1) is 0 Å². The smallest absolute Gasteiger partial charge is 0.242 e. The highest BCUT2D eigenvalue weighted by atomic mass is 16.1. The van der Waals surface area contributed by atoms with Crippen molar-refractivity contribution in [2.24, 2.45) is 12.0 Å². The van der Waals surface area contributed by atoms with E-state index in [-0.39, 0.29) is 12.5 Å². The Morgan fingerprint density at radius 3 is 2.61 bits per heavy atom. The van der Waals surface area contributed by atoms with Crippen molar-refractivity contribution in [2.75, 3.05) is 20.1 Å². The average molecular weight is 385 g/mol. The van der Waals surface area contributed by atoms with Crippen LogP contribution in [-0.2, 0) is 24.9 Å². The van der Waals surface area contributed by atoms with Gasteiger partial charge in [-0.3, -0.25) is 9.48 Å². The molecular weight excluding hydrogens is 352 g/mol. The number of benzene rings is 1. The molecule has 0 fully saturated rings. The van der Waals surface area contributed by atoms with Crippen LogP contribution in [0.5, 0.6) is 0 Å². The van der Waals surface area contributed by atoms with Crippen LogP contribution >= 0.6 is 0 Å². The Labute approximate surface area is 167 Å². The fourth-order valence-corrected chi connectivity index (χ4v) is 2.96. The Kier molecular flexibility index (Phi) is 8.04. The summed E-state index contributed by atoms with van der Waals surface area (Å²) >= 11 is 0. The normalized spacial score (nSPS) is 11.6. The fourth-order valence-electron chi connectivity index (χ4n) is 2.96. The fraction of sp³-hybridized carbons (Fsp3) is 0.476. The highest BCUT2D eigenvalue weighted by molar-refractivity contribution is 5.84. The second-order valence-electron chi connectivity index (χ2n) is 7.16. The lowest BCUT2D eigenvalue weighted by atomic mass is 10.1. The van der Waals surface area contributed by atoms with E-state index in [1.165, 1.54) is 5.56 Å². The summed E-state index contributed by atoms with van der Waals surface area (Å²) in [5.74, 6) is 0.959. The molecule has 1 aromatic heterocycles. The van der Waals surface area contributed by atoms with Crippen LogP contribution in [0, 0.1) is 0 Å². The molecule has 28 heavy (non-hydrogen) atoms. The van der Waals surface area contributed by atoms with Crippen LogP contribution in [0.2, 0.25) is 0 Å². The minimum absolute atomic E-state index is 0.0869. The third kappa shape index (κ3) is 6.40. The van der Waals surface area contributed by atoms with E-state index >= 15 is 0 Å². The molecule has 1 aromatic carbocycles. The molecule has 2 rings (SSSR count). The van der Waals surface area contributed by atoms with Crippen molar-refractivity contribution in [3.05, 3.63) is 53.3 Å². The second kappa shape index (κ2) is 10.5. The van der Waals surface area contributed by atoms with Crippen LogP contribution in [-0.4, -0.2) is 46.7 Å². The molecule has 7 heteroatoms. The Morgan fingerprint density at radius 1 is 1.25 bits per heavy atom. The summed E-state index contributed by atoms with van der Waals surface area (Å²) in [5, 5.41) is 10.7. The first-order valence-electron chi connectivity index (χ1n) is 9.73. The summed E-state index contributed by atoms with van der Waals surface area (Å²) in [4.78, 5) is 18.7. The SMILES string of the molecule is CCNC(=NCC(=O)NCc1ccccc1)N(C)Cc1cn(C)nc1C(C)C. The van der Waals surface area contributed by atoms with Gasteiger partial charge in [0.1, 0.15) is 6.54 Å². The second-order valence-corrected chi connectivity index (χ2v) is 7.16. The molecule has 0 aliphatic carbocycles. The third-order valence-corrected chi connectivity index (χ3v) is 4.29. The van der Waals surface area contributed by atoms with Crippen LogP contribution in [0.4, 0.5) is 0 Å². The summed E-state index contributed by atoms with van der Waals surface area (Å²) in [6, 6.07) is 9.85. The molecule has 0 aliphatic heterocycles. The van der Waals surface area contributed by atoms with E-state index in [2.05, 4.69) is 34.6 Å². The Morgan fingerprint density at radius 2 is 1.96 bits per heavy atom. The summed E-state index contributed by atoms with van der Waals surface area (Å²) in [5.41, 5.74) is 3.33. The maximum absolute atomic E-state index is 12.2. The standard InChI is InChI=1S/C21H32N6O/c1-6-22-21(24-13-19(28)23-12-17-10-8-7-9-11-17)26(4)14-18-15-27(5)25-20(18)16(2)3/h7-11,15-16H,6,12-14H2,1-5H3,(H,22,24)(H,23,28). The van der Waals surface area contributed by atoms with Crippen molar-refractivity contribution < 1.29 is 4.79 Å². The van der Waals surface area contributed by atoms with Crippen molar-refractivity contribution >= 4 is 11.9 Å². The number of carbonyl (C=O) groups excluding carboxylic acids is 1. The van der Waals surface area contributed by atoms with Crippen molar-refractivity contribution in [1.82, 2.24) is 25.3 Å². The molecule has 2 aromatic rings. The number of carbonyl (C=O) groups is 1. The van der Waals surface area contributed by atoms with Crippen molar-refractivity contribution in [2.45, 2.75) is 39.8 Å². The topological polar surface area (TPSA) is 74.6 Å². The average Bonchev–Trinajstić information content (AvgIpc) is 3.04. The first-order valence-corrected chi connectivity index (χ1v) is 9.73. The van der Waals surface area contributed by atoms with E-state index in [0.717, 1.165) is 17.8 Å². The predicted molar refractivity (Wildman–Crippen MR) is 113 cm³/mol. The molecule has 1 amide bonds. The zero-order valence-electron chi connectivity index (χ0n) is 17.6. The van der Waals surface area contributed by atoms with E-state index in [9.17, 15) is 4.79 Å². The van der Waals surface area contributed by atoms with E-state index in [4.69, 9.17) is 0 Å². The van der Waals surface area contributed by atoms with Crippen LogP contribution in [0.3, 0.4) is 0 Å². The quantitative estimate of drug-likeness (QED) is 0.541. The first kappa shape index (κ1) is 21.5. The van der Waals surface area contributed by atoms with E-state index in [0.29, 0.717) is 25.0 Å². The van der Waals surface area contributed by atoms with E-state index in [1.54, 1.807) is 0 Å². The van der Waals surface area contributed by atoms with Gasteiger partial charge in [-0.2, -0.15) is 5.10 Å². The summed E-state index contributed by atoms with van der Waals surface area (Å²) in [6.45, 7) is 8.31. The molecule has 2 N–H and O–H groups in total. The van der Waals surface area contributed by atoms with Gasteiger partial charge in [0.05, 0.1) is 5.69 Å². The van der Waals surface area contributed by atoms with Crippen LogP contribution in [0.25, 0.3) is 0 Å². The Balaban J connectivity index is 1.97.